The van der Waals surface area contributed by atoms with Gasteiger partial charge in [-0.05, 0) is 52.2 Å². The van der Waals surface area contributed by atoms with Crippen LogP contribution in [-0.2, 0) is 11.2 Å². The lowest BCUT2D eigenvalue weighted by Gasteiger charge is -2.07. The summed E-state index contributed by atoms with van der Waals surface area (Å²) < 4.78 is 16.2. The first kappa shape index (κ1) is 14.7. The van der Waals surface area contributed by atoms with Gasteiger partial charge in [-0.15, -0.1) is 0 Å². The fourth-order valence-corrected chi connectivity index (χ4v) is 1.95. The largest absolute Gasteiger partial charge is 0.490 e. The molecule has 0 atom stereocenters. The molecule has 0 bridgehead atoms. The van der Waals surface area contributed by atoms with Gasteiger partial charge in [0.15, 0.2) is 4.67 Å². The van der Waals surface area contributed by atoms with Crippen molar-refractivity contribution in [3.8, 4) is 5.75 Å². The van der Waals surface area contributed by atoms with Gasteiger partial charge in [-0.2, -0.15) is 0 Å². The summed E-state index contributed by atoms with van der Waals surface area (Å²) in [6, 6.07) is 11.0. The van der Waals surface area contributed by atoms with Crippen molar-refractivity contribution < 1.29 is 18.7 Å². The summed E-state index contributed by atoms with van der Waals surface area (Å²) >= 11 is 3.13. The predicted molar refractivity (Wildman–Crippen MR) is 78.0 cm³/mol. The van der Waals surface area contributed by atoms with E-state index >= 15 is 0 Å². The minimum atomic E-state index is -0.499. The third-order valence-electron chi connectivity index (χ3n) is 2.67. The van der Waals surface area contributed by atoms with E-state index in [-0.39, 0.29) is 12.4 Å². The molecule has 0 saturated carbocycles. The molecule has 0 aliphatic rings. The van der Waals surface area contributed by atoms with Gasteiger partial charge in [0, 0.05) is 0 Å². The topological polar surface area (TPSA) is 48.7 Å². The van der Waals surface area contributed by atoms with E-state index in [1.54, 1.807) is 12.1 Å². The highest BCUT2D eigenvalue weighted by Gasteiger charge is 2.11. The second-order valence-corrected chi connectivity index (χ2v) is 4.87. The van der Waals surface area contributed by atoms with Crippen LogP contribution in [0.25, 0.3) is 0 Å². The molecule has 5 heteroatoms. The molecule has 4 nitrogen and oxygen atoms in total. The predicted octanol–water partition coefficient (Wildman–Crippen LogP) is 3.84. The number of hydrogen-bond acceptors (Lipinski definition) is 4. The van der Waals surface area contributed by atoms with E-state index in [1.807, 2.05) is 24.3 Å². The summed E-state index contributed by atoms with van der Waals surface area (Å²) in [5.41, 5.74) is 1.21. The summed E-state index contributed by atoms with van der Waals surface area (Å²) in [4.78, 5) is 11.6. The second kappa shape index (κ2) is 7.14. The van der Waals surface area contributed by atoms with Gasteiger partial charge < -0.3 is 13.9 Å². The average molecular weight is 339 g/mol. The van der Waals surface area contributed by atoms with E-state index in [0.29, 0.717) is 11.3 Å². The summed E-state index contributed by atoms with van der Waals surface area (Å²) in [5, 5.41) is 0. The second-order valence-electron chi connectivity index (χ2n) is 4.09. The zero-order valence-corrected chi connectivity index (χ0v) is 12.7. The molecule has 2 aromatic rings. The van der Waals surface area contributed by atoms with E-state index in [0.717, 1.165) is 12.2 Å². The van der Waals surface area contributed by atoms with Gasteiger partial charge in [0.05, 0.1) is 0 Å². The van der Waals surface area contributed by atoms with Gasteiger partial charge in [0.2, 0.25) is 5.76 Å². The molecule has 0 N–H and O–H groups in total. The Morgan fingerprint density at radius 3 is 2.80 bits per heavy atom. The molecule has 0 radical (unpaired) electrons. The molecule has 20 heavy (non-hydrogen) atoms. The van der Waals surface area contributed by atoms with E-state index in [4.69, 9.17) is 13.9 Å². The molecular formula is C15H15BrO4. The van der Waals surface area contributed by atoms with Crippen molar-refractivity contribution in [2.45, 2.75) is 13.3 Å². The van der Waals surface area contributed by atoms with Crippen molar-refractivity contribution in [1.29, 1.82) is 0 Å². The van der Waals surface area contributed by atoms with Gasteiger partial charge >= 0.3 is 5.97 Å². The van der Waals surface area contributed by atoms with Crippen molar-refractivity contribution in [2.24, 2.45) is 0 Å². The summed E-state index contributed by atoms with van der Waals surface area (Å²) in [6.07, 6.45) is 0.958. The van der Waals surface area contributed by atoms with Crippen LogP contribution in [0.2, 0.25) is 0 Å². The lowest BCUT2D eigenvalue weighted by molar-refractivity contribution is 0.0413. The first-order chi connectivity index (χ1) is 9.69. The number of rotatable bonds is 6. The summed E-state index contributed by atoms with van der Waals surface area (Å²) in [5.74, 6) is 0.451. The van der Waals surface area contributed by atoms with Crippen LogP contribution < -0.4 is 4.74 Å². The minimum absolute atomic E-state index is 0.171. The number of furan rings is 1. The molecule has 0 spiro atoms. The Kier molecular flexibility index (Phi) is 5.24. The Bertz CT molecular complexity index is 577. The Hall–Kier alpha value is -1.75. The monoisotopic (exact) mass is 338 g/mol. The lowest BCUT2D eigenvalue weighted by atomic mass is 10.2. The fraction of sp³-hybridized carbons (Fsp3) is 0.267. The van der Waals surface area contributed by atoms with Crippen LogP contribution in [-0.4, -0.2) is 19.2 Å². The number of hydrogen-bond donors (Lipinski definition) is 0. The number of esters is 1. The van der Waals surface area contributed by atoms with Gasteiger partial charge in [0.1, 0.15) is 19.0 Å². The lowest BCUT2D eigenvalue weighted by Crippen LogP contribution is -2.11. The van der Waals surface area contributed by atoms with Crippen LogP contribution in [0.1, 0.15) is 23.0 Å². The van der Waals surface area contributed by atoms with Gasteiger partial charge in [-0.1, -0.05) is 19.1 Å². The number of carbonyl (C=O) groups is 1. The number of ether oxygens (including phenoxy) is 2. The number of carbonyl (C=O) groups excluding carboxylic acids is 1. The molecule has 0 aliphatic heterocycles. The quantitative estimate of drug-likeness (QED) is 0.593. The SMILES string of the molecule is CCc1cccc(OCCOC(=O)c2ccc(Br)o2)c1. The molecular weight excluding hydrogens is 324 g/mol. The first-order valence-electron chi connectivity index (χ1n) is 6.33. The highest BCUT2D eigenvalue weighted by molar-refractivity contribution is 9.10. The van der Waals surface area contributed by atoms with Crippen molar-refractivity contribution in [2.75, 3.05) is 13.2 Å². The first-order valence-corrected chi connectivity index (χ1v) is 7.12. The number of benzene rings is 1. The third-order valence-corrected chi connectivity index (χ3v) is 3.09. The highest BCUT2D eigenvalue weighted by atomic mass is 79.9. The zero-order valence-electron chi connectivity index (χ0n) is 11.1. The molecule has 0 unspecified atom stereocenters. The van der Waals surface area contributed by atoms with Crippen LogP contribution >= 0.6 is 15.9 Å². The van der Waals surface area contributed by atoms with E-state index in [9.17, 15) is 4.79 Å². The van der Waals surface area contributed by atoms with Gasteiger partial charge in [0.25, 0.3) is 0 Å². The molecule has 0 amide bonds. The van der Waals surface area contributed by atoms with E-state index in [2.05, 4.69) is 22.9 Å². The summed E-state index contributed by atoms with van der Waals surface area (Å²) in [6.45, 7) is 2.57. The Morgan fingerprint density at radius 1 is 1.25 bits per heavy atom. The maximum absolute atomic E-state index is 11.6. The van der Waals surface area contributed by atoms with Crippen LogP contribution in [0.4, 0.5) is 0 Å². The van der Waals surface area contributed by atoms with Crippen molar-refractivity contribution >= 4 is 21.9 Å². The highest BCUT2D eigenvalue weighted by Crippen LogP contribution is 2.15. The van der Waals surface area contributed by atoms with Crippen LogP contribution in [0.5, 0.6) is 5.75 Å². The Labute approximate surface area is 125 Å². The Balaban J connectivity index is 1.74. The molecule has 0 aliphatic carbocycles. The fourth-order valence-electron chi connectivity index (χ4n) is 1.64. The smallest absolute Gasteiger partial charge is 0.374 e. The van der Waals surface area contributed by atoms with Gasteiger partial charge in [-0.3, -0.25) is 0 Å². The molecule has 1 aromatic heterocycles. The number of halogens is 1. The molecule has 106 valence electrons. The maximum atomic E-state index is 11.6. The normalized spacial score (nSPS) is 10.3. The van der Waals surface area contributed by atoms with Crippen LogP contribution in [0, 0.1) is 0 Å². The standard InChI is InChI=1S/C15H15BrO4/c1-2-11-4-3-5-12(10-11)18-8-9-19-15(17)13-6-7-14(16)20-13/h3-7,10H,2,8-9H2,1H3. The van der Waals surface area contributed by atoms with E-state index < -0.39 is 5.97 Å². The van der Waals surface area contributed by atoms with Crippen molar-refractivity contribution in [3.05, 3.63) is 52.4 Å². The number of aryl methyl sites for hydroxylation is 1. The molecule has 1 aromatic carbocycles. The average Bonchev–Trinajstić information content (AvgIpc) is 2.90. The molecule has 0 fully saturated rings. The molecule has 1 heterocycles. The van der Waals surface area contributed by atoms with E-state index in [1.165, 1.54) is 5.56 Å². The Morgan fingerprint density at radius 2 is 2.10 bits per heavy atom. The zero-order chi connectivity index (χ0) is 14.4. The third kappa shape index (κ3) is 4.13. The minimum Gasteiger partial charge on any atom is -0.490 e. The van der Waals surface area contributed by atoms with Crippen molar-refractivity contribution in [3.63, 3.8) is 0 Å². The van der Waals surface area contributed by atoms with Gasteiger partial charge in [-0.25, -0.2) is 4.79 Å². The molecule has 2 rings (SSSR count). The van der Waals surface area contributed by atoms with Crippen LogP contribution in [0.3, 0.4) is 0 Å². The summed E-state index contributed by atoms with van der Waals surface area (Å²) in [7, 11) is 0. The van der Waals surface area contributed by atoms with Crippen molar-refractivity contribution in [1.82, 2.24) is 0 Å². The molecule has 0 saturated heterocycles. The van der Waals surface area contributed by atoms with Crippen LogP contribution in [0.15, 0.2) is 45.5 Å². The maximum Gasteiger partial charge on any atom is 0.374 e.